The molecule has 1 saturated carbocycles. The molecule has 0 saturated heterocycles. The molecule has 2 rings (SSSR count). The third-order valence-corrected chi connectivity index (χ3v) is 7.99. The van der Waals surface area contributed by atoms with Gasteiger partial charge in [0.05, 0.1) is 26.6 Å². The second kappa shape index (κ2) is 11.8. The van der Waals surface area contributed by atoms with Crippen LogP contribution in [0.2, 0.25) is 0 Å². The van der Waals surface area contributed by atoms with Crippen LogP contribution in [0, 0.1) is 22.7 Å². The zero-order valence-corrected chi connectivity index (χ0v) is 21.3. The highest BCUT2D eigenvalue weighted by Gasteiger charge is 2.53. The molecule has 4 atom stereocenters. The first kappa shape index (κ1) is 27.1. The fourth-order valence-corrected chi connectivity index (χ4v) is 6.08. The van der Waals surface area contributed by atoms with E-state index in [1.165, 1.54) is 31.6 Å². The van der Waals surface area contributed by atoms with Crippen LogP contribution in [0.3, 0.4) is 0 Å². The number of carbonyl (C=O) groups excluding carboxylic acids is 3. The van der Waals surface area contributed by atoms with Gasteiger partial charge in [-0.2, -0.15) is 0 Å². The molecule has 4 unspecified atom stereocenters. The zero-order chi connectivity index (χ0) is 24.6. The lowest BCUT2D eigenvalue weighted by molar-refractivity contribution is -0.151. The van der Waals surface area contributed by atoms with Crippen LogP contribution in [0.5, 0.6) is 0 Å². The predicted octanol–water partition coefficient (Wildman–Crippen LogP) is 5.55. The third kappa shape index (κ3) is 7.18. The van der Waals surface area contributed by atoms with Crippen LogP contribution in [0.1, 0.15) is 86.0 Å². The molecule has 0 heterocycles. The summed E-state index contributed by atoms with van der Waals surface area (Å²) in [6.45, 7) is 11.3. The maximum atomic E-state index is 11.8. The van der Waals surface area contributed by atoms with Crippen LogP contribution in [-0.2, 0) is 28.6 Å². The van der Waals surface area contributed by atoms with Crippen molar-refractivity contribution in [3.05, 3.63) is 23.3 Å². The second-order valence-electron chi connectivity index (χ2n) is 10.4. The molecule has 186 valence electrons. The minimum Gasteiger partial charge on any atom is -0.469 e. The summed E-state index contributed by atoms with van der Waals surface area (Å²) in [4.78, 5) is 34.4. The predicted molar refractivity (Wildman–Crippen MR) is 127 cm³/mol. The molecule has 0 N–H and O–H groups in total. The molecule has 1 fully saturated rings. The fourth-order valence-electron chi connectivity index (χ4n) is 6.08. The van der Waals surface area contributed by atoms with E-state index < -0.39 is 5.97 Å². The Hall–Kier alpha value is -2.11. The first-order chi connectivity index (χ1) is 15.5. The summed E-state index contributed by atoms with van der Waals surface area (Å²) in [5.74, 6) is -0.0199. The topological polar surface area (TPSA) is 78.9 Å². The quantitative estimate of drug-likeness (QED) is 0.241. The third-order valence-electron chi connectivity index (χ3n) is 7.99. The Bertz CT molecular complexity index is 781. The summed E-state index contributed by atoms with van der Waals surface area (Å²) in [5, 5.41) is 0. The molecule has 2 aliphatic carbocycles. The number of esters is 3. The van der Waals surface area contributed by atoms with E-state index in [9.17, 15) is 14.4 Å². The van der Waals surface area contributed by atoms with Crippen LogP contribution in [0.15, 0.2) is 23.3 Å². The van der Waals surface area contributed by atoms with Gasteiger partial charge in [0.2, 0.25) is 0 Å². The lowest BCUT2D eigenvalue weighted by atomic mass is 9.48. The van der Waals surface area contributed by atoms with Crippen molar-refractivity contribution in [2.45, 2.75) is 86.0 Å². The molecule has 6 heteroatoms. The number of hydrogen-bond acceptors (Lipinski definition) is 6. The van der Waals surface area contributed by atoms with Crippen molar-refractivity contribution in [1.29, 1.82) is 0 Å². The van der Waals surface area contributed by atoms with E-state index in [2.05, 4.69) is 38.5 Å². The van der Waals surface area contributed by atoms with Gasteiger partial charge in [-0.25, -0.2) is 0 Å². The van der Waals surface area contributed by atoms with Crippen molar-refractivity contribution in [3.8, 4) is 0 Å². The highest BCUT2D eigenvalue weighted by molar-refractivity contribution is 5.77. The monoisotopic (exact) mass is 462 g/mol. The number of methoxy groups -OCH3 is 1. The summed E-state index contributed by atoms with van der Waals surface area (Å²) in [6, 6.07) is 0. The molecule has 0 spiro atoms. The Morgan fingerprint density at radius 3 is 2.42 bits per heavy atom. The molecule has 0 aromatic heterocycles. The van der Waals surface area contributed by atoms with E-state index in [4.69, 9.17) is 9.47 Å². The SMILES string of the molecule is COC(=O)CCC(=O)OCC=C(C)CCC1C(C)=CCC2C(C)(COC(C)=O)CCCC12C. The standard InChI is InChI=1S/C27H42O6/c1-19(14-17-32-25(30)13-12-24(29)31-6)8-10-22-20(2)9-11-23-26(4,18-33-21(3)28)15-7-16-27(22,23)5/h9,14,22-23H,7-8,10-13,15-18H2,1-6H3. The van der Waals surface area contributed by atoms with Crippen LogP contribution in [-0.4, -0.2) is 38.2 Å². The molecule has 33 heavy (non-hydrogen) atoms. The lowest BCUT2D eigenvalue weighted by Gasteiger charge is -2.57. The van der Waals surface area contributed by atoms with Crippen molar-refractivity contribution in [2.24, 2.45) is 22.7 Å². The van der Waals surface area contributed by atoms with Gasteiger partial charge in [-0.15, -0.1) is 0 Å². The zero-order valence-electron chi connectivity index (χ0n) is 21.3. The van der Waals surface area contributed by atoms with Crippen LogP contribution in [0.4, 0.5) is 0 Å². The van der Waals surface area contributed by atoms with Crippen molar-refractivity contribution in [2.75, 3.05) is 20.3 Å². The van der Waals surface area contributed by atoms with Gasteiger partial charge in [-0.05, 0) is 69.3 Å². The summed E-state index contributed by atoms with van der Waals surface area (Å²) in [5.41, 5.74) is 2.87. The van der Waals surface area contributed by atoms with Crippen LogP contribution >= 0.6 is 0 Å². The molecule has 0 bridgehead atoms. The molecule has 0 amide bonds. The largest absolute Gasteiger partial charge is 0.469 e. The number of ether oxygens (including phenoxy) is 3. The van der Waals surface area contributed by atoms with E-state index in [1.807, 2.05) is 6.08 Å². The normalized spacial score (nSPS) is 29.5. The first-order valence-corrected chi connectivity index (χ1v) is 12.2. The van der Waals surface area contributed by atoms with E-state index >= 15 is 0 Å². The summed E-state index contributed by atoms with van der Waals surface area (Å²) < 4.78 is 15.3. The highest BCUT2D eigenvalue weighted by Crippen LogP contribution is 2.60. The number of hydrogen-bond donors (Lipinski definition) is 0. The molecule has 0 aromatic rings. The number of allylic oxidation sites excluding steroid dienone is 3. The van der Waals surface area contributed by atoms with Crippen molar-refractivity contribution in [3.63, 3.8) is 0 Å². The maximum absolute atomic E-state index is 11.8. The Morgan fingerprint density at radius 1 is 1.06 bits per heavy atom. The Kier molecular flexibility index (Phi) is 9.74. The van der Waals surface area contributed by atoms with Crippen molar-refractivity contribution in [1.82, 2.24) is 0 Å². The lowest BCUT2D eigenvalue weighted by Crippen LogP contribution is -2.51. The van der Waals surface area contributed by atoms with E-state index in [-0.39, 0.29) is 42.2 Å². The number of fused-ring (bicyclic) bond motifs is 1. The molecular formula is C27H42O6. The Morgan fingerprint density at radius 2 is 1.76 bits per heavy atom. The number of rotatable bonds is 10. The first-order valence-electron chi connectivity index (χ1n) is 12.2. The minimum atomic E-state index is -0.409. The van der Waals surface area contributed by atoms with Crippen LogP contribution in [0.25, 0.3) is 0 Å². The molecule has 0 radical (unpaired) electrons. The van der Waals surface area contributed by atoms with Crippen molar-refractivity contribution >= 4 is 17.9 Å². The number of carbonyl (C=O) groups is 3. The smallest absolute Gasteiger partial charge is 0.306 e. The summed E-state index contributed by atoms with van der Waals surface area (Å²) in [7, 11) is 1.30. The molecular weight excluding hydrogens is 420 g/mol. The highest BCUT2D eigenvalue weighted by atomic mass is 16.5. The van der Waals surface area contributed by atoms with Gasteiger partial charge in [0.1, 0.15) is 6.61 Å². The second-order valence-corrected chi connectivity index (χ2v) is 10.4. The summed E-state index contributed by atoms with van der Waals surface area (Å²) >= 11 is 0. The molecule has 2 aliphatic rings. The minimum absolute atomic E-state index is 0.0113. The Balaban J connectivity index is 1.96. The van der Waals surface area contributed by atoms with Crippen molar-refractivity contribution < 1.29 is 28.6 Å². The van der Waals surface area contributed by atoms with Crippen LogP contribution < -0.4 is 0 Å². The van der Waals surface area contributed by atoms with E-state index in [0.717, 1.165) is 32.1 Å². The van der Waals surface area contributed by atoms with Gasteiger partial charge < -0.3 is 14.2 Å². The van der Waals surface area contributed by atoms with E-state index in [1.54, 1.807) is 0 Å². The fraction of sp³-hybridized carbons (Fsp3) is 0.741. The van der Waals surface area contributed by atoms with Gasteiger partial charge in [-0.1, -0.05) is 37.5 Å². The average molecular weight is 463 g/mol. The average Bonchev–Trinajstić information content (AvgIpc) is 2.75. The molecule has 6 nitrogen and oxygen atoms in total. The van der Waals surface area contributed by atoms with Gasteiger partial charge >= 0.3 is 17.9 Å². The van der Waals surface area contributed by atoms with E-state index in [0.29, 0.717) is 18.4 Å². The van der Waals surface area contributed by atoms with Gasteiger partial charge in [0.25, 0.3) is 0 Å². The summed E-state index contributed by atoms with van der Waals surface area (Å²) in [6.07, 6.45) is 10.9. The maximum Gasteiger partial charge on any atom is 0.306 e. The van der Waals surface area contributed by atoms with Gasteiger partial charge in [0, 0.05) is 12.3 Å². The Labute approximate surface area is 199 Å². The molecule has 0 aromatic carbocycles. The van der Waals surface area contributed by atoms with Gasteiger partial charge in [-0.3, -0.25) is 14.4 Å². The van der Waals surface area contributed by atoms with Gasteiger partial charge in [0.15, 0.2) is 0 Å². The molecule has 0 aliphatic heterocycles.